The van der Waals surface area contributed by atoms with Crippen LogP contribution in [-0.2, 0) is 9.59 Å². The summed E-state index contributed by atoms with van der Waals surface area (Å²) in [6, 6.07) is 0.353. The quantitative estimate of drug-likeness (QED) is 0.822. The van der Waals surface area contributed by atoms with Crippen LogP contribution in [0.15, 0.2) is 0 Å². The van der Waals surface area contributed by atoms with Gasteiger partial charge >= 0.3 is 5.97 Å². The maximum absolute atomic E-state index is 12.7. The topological polar surface area (TPSA) is 57.6 Å². The second-order valence-corrected chi connectivity index (χ2v) is 6.92. The number of carboxylic acid groups (broad SMARTS) is 1. The summed E-state index contributed by atoms with van der Waals surface area (Å²) < 4.78 is 0. The van der Waals surface area contributed by atoms with Gasteiger partial charge < -0.3 is 10.0 Å². The molecule has 1 amide bonds. The smallest absolute Gasteiger partial charge is 0.305 e. The van der Waals surface area contributed by atoms with E-state index in [0.717, 1.165) is 24.7 Å². The maximum atomic E-state index is 12.7. The number of carbonyl (C=O) groups excluding carboxylic acids is 1. The van der Waals surface area contributed by atoms with Crippen LogP contribution in [0, 0.1) is 29.6 Å². The van der Waals surface area contributed by atoms with Crippen molar-refractivity contribution in [3.05, 3.63) is 0 Å². The molecular weight excluding hydrogens is 242 g/mol. The van der Waals surface area contributed by atoms with E-state index >= 15 is 0 Å². The molecule has 4 atom stereocenters. The van der Waals surface area contributed by atoms with Crippen molar-refractivity contribution < 1.29 is 14.7 Å². The molecule has 4 rings (SSSR count). The molecule has 4 aliphatic carbocycles. The van der Waals surface area contributed by atoms with Crippen molar-refractivity contribution in [2.75, 3.05) is 6.54 Å². The summed E-state index contributed by atoms with van der Waals surface area (Å²) >= 11 is 0. The van der Waals surface area contributed by atoms with Gasteiger partial charge in [0, 0.05) is 18.5 Å². The minimum Gasteiger partial charge on any atom is -0.481 e. The zero-order valence-corrected chi connectivity index (χ0v) is 11.1. The van der Waals surface area contributed by atoms with Crippen LogP contribution in [0.3, 0.4) is 0 Å². The number of amides is 1. The molecule has 4 aliphatic rings. The highest BCUT2D eigenvalue weighted by atomic mass is 16.4. The van der Waals surface area contributed by atoms with E-state index in [1.54, 1.807) is 0 Å². The lowest BCUT2D eigenvalue weighted by atomic mass is 10.0. The lowest BCUT2D eigenvalue weighted by Gasteiger charge is -2.23. The fraction of sp³-hybridized carbons (Fsp3) is 0.867. The van der Waals surface area contributed by atoms with E-state index in [2.05, 4.69) is 0 Å². The molecule has 0 aliphatic heterocycles. The minimum absolute atomic E-state index is 0.0944. The number of fused-ring (bicyclic) bond motifs is 5. The van der Waals surface area contributed by atoms with Crippen LogP contribution in [0.1, 0.15) is 38.5 Å². The van der Waals surface area contributed by atoms with Gasteiger partial charge in [-0.15, -0.1) is 0 Å². The standard InChI is InChI=1S/C15H21NO3/c17-11(18)5-6-16(10-3-4-10)15(19)14-12-8-1-2-9(7-8)13(12)14/h8-10,12-14H,1-7H2,(H,17,18). The average Bonchev–Trinajstić information content (AvgIpc) is 3.27. The molecule has 1 N–H and O–H groups in total. The largest absolute Gasteiger partial charge is 0.481 e. The van der Waals surface area contributed by atoms with Gasteiger partial charge in [-0.1, -0.05) is 0 Å². The second-order valence-electron chi connectivity index (χ2n) is 6.92. The zero-order chi connectivity index (χ0) is 13.1. The van der Waals surface area contributed by atoms with Crippen molar-refractivity contribution in [3.63, 3.8) is 0 Å². The number of carbonyl (C=O) groups is 2. The van der Waals surface area contributed by atoms with Gasteiger partial charge in [-0.2, -0.15) is 0 Å². The van der Waals surface area contributed by atoms with Gasteiger partial charge in [0.05, 0.1) is 6.42 Å². The summed E-state index contributed by atoms with van der Waals surface area (Å²) in [5.74, 6) is 2.70. The highest BCUT2D eigenvalue weighted by molar-refractivity contribution is 5.84. The van der Waals surface area contributed by atoms with Crippen molar-refractivity contribution in [1.82, 2.24) is 4.90 Å². The fourth-order valence-electron chi connectivity index (χ4n) is 4.92. The normalized spacial score (nSPS) is 42.0. The first-order chi connectivity index (χ1) is 9.16. The Kier molecular flexibility index (Phi) is 2.45. The number of hydrogen-bond donors (Lipinski definition) is 1. The first-order valence-corrected chi connectivity index (χ1v) is 7.69. The number of aliphatic carboxylic acids is 1. The molecular formula is C15H21NO3. The third kappa shape index (κ3) is 1.79. The molecule has 0 radical (unpaired) electrons. The Hall–Kier alpha value is -1.06. The highest BCUT2D eigenvalue weighted by Crippen LogP contribution is 2.69. The van der Waals surface area contributed by atoms with Crippen molar-refractivity contribution in [2.45, 2.75) is 44.6 Å². The van der Waals surface area contributed by atoms with Gasteiger partial charge in [0.25, 0.3) is 0 Å². The Morgan fingerprint density at radius 1 is 1.05 bits per heavy atom. The SMILES string of the molecule is O=C(O)CCN(C(=O)C1C2C3CCC(C3)C12)C1CC1. The van der Waals surface area contributed by atoms with Gasteiger partial charge in [0.1, 0.15) is 0 Å². The van der Waals surface area contributed by atoms with Gasteiger partial charge in [-0.3, -0.25) is 9.59 Å². The molecule has 4 nitrogen and oxygen atoms in total. The van der Waals surface area contributed by atoms with Crippen LogP contribution in [-0.4, -0.2) is 34.5 Å². The molecule has 4 saturated carbocycles. The lowest BCUT2D eigenvalue weighted by Crippen LogP contribution is -2.37. The Morgan fingerprint density at radius 2 is 1.68 bits per heavy atom. The van der Waals surface area contributed by atoms with Crippen molar-refractivity contribution in [1.29, 1.82) is 0 Å². The molecule has 4 heteroatoms. The lowest BCUT2D eigenvalue weighted by molar-refractivity contribution is -0.139. The molecule has 19 heavy (non-hydrogen) atoms. The Morgan fingerprint density at radius 3 is 2.21 bits per heavy atom. The number of carboxylic acids is 1. The molecule has 2 bridgehead atoms. The third-order valence-corrected chi connectivity index (χ3v) is 5.86. The van der Waals surface area contributed by atoms with Gasteiger partial charge in [0.15, 0.2) is 0 Å². The van der Waals surface area contributed by atoms with E-state index in [4.69, 9.17) is 5.11 Å². The summed E-state index contributed by atoms with van der Waals surface area (Å²) in [4.78, 5) is 25.3. The zero-order valence-electron chi connectivity index (χ0n) is 11.1. The van der Waals surface area contributed by atoms with Crippen LogP contribution >= 0.6 is 0 Å². The monoisotopic (exact) mass is 263 g/mol. The highest BCUT2D eigenvalue weighted by Gasteiger charge is 2.68. The van der Waals surface area contributed by atoms with Gasteiger partial charge in [0.2, 0.25) is 5.91 Å². The summed E-state index contributed by atoms with van der Waals surface area (Å²) in [7, 11) is 0. The molecule has 0 heterocycles. The van der Waals surface area contributed by atoms with Gasteiger partial charge in [-0.25, -0.2) is 0 Å². The van der Waals surface area contributed by atoms with E-state index in [1.165, 1.54) is 19.3 Å². The van der Waals surface area contributed by atoms with Crippen LogP contribution in [0.2, 0.25) is 0 Å². The third-order valence-electron chi connectivity index (χ3n) is 5.86. The van der Waals surface area contributed by atoms with Crippen molar-refractivity contribution in [3.8, 4) is 0 Å². The molecule has 0 spiro atoms. The predicted molar refractivity (Wildman–Crippen MR) is 68.3 cm³/mol. The van der Waals surface area contributed by atoms with E-state index in [1.807, 2.05) is 4.90 Å². The Bertz CT molecular complexity index is 415. The average molecular weight is 263 g/mol. The molecule has 0 aromatic carbocycles. The Labute approximate surface area is 113 Å². The summed E-state index contributed by atoms with van der Waals surface area (Å²) in [5.41, 5.74) is 0. The Balaban J connectivity index is 1.43. The van der Waals surface area contributed by atoms with E-state index in [-0.39, 0.29) is 18.2 Å². The molecule has 0 aromatic rings. The van der Waals surface area contributed by atoms with Crippen molar-refractivity contribution >= 4 is 11.9 Å². The number of nitrogens with zero attached hydrogens (tertiary/aromatic N) is 1. The van der Waals surface area contributed by atoms with E-state index in [9.17, 15) is 9.59 Å². The van der Waals surface area contributed by atoms with Crippen LogP contribution in [0.5, 0.6) is 0 Å². The van der Waals surface area contributed by atoms with Crippen LogP contribution < -0.4 is 0 Å². The first kappa shape index (κ1) is 11.7. The number of rotatable bonds is 5. The fourth-order valence-corrected chi connectivity index (χ4v) is 4.92. The predicted octanol–water partition coefficient (Wildman–Crippen LogP) is 1.74. The summed E-state index contributed by atoms with van der Waals surface area (Å²) in [6.07, 6.45) is 6.25. The summed E-state index contributed by atoms with van der Waals surface area (Å²) in [5, 5.41) is 8.82. The maximum Gasteiger partial charge on any atom is 0.305 e. The minimum atomic E-state index is -0.797. The van der Waals surface area contributed by atoms with Crippen LogP contribution in [0.4, 0.5) is 0 Å². The molecule has 4 fully saturated rings. The molecule has 0 saturated heterocycles. The second kappa shape index (κ2) is 3.97. The van der Waals surface area contributed by atoms with Crippen LogP contribution in [0.25, 0.3) is 0 Å². The van der Waals surface area contributed by atoms with Gasteiger partial charge in [-0.05, 0) is 55.8 Å². The molecule has 0 aromatic heterocycles. The number of hydrogen-bond acceptors (Lipinski definition) is 2. The molecule has 104 valence electrons. The molecule has 4 unspecified atom stereocenters. The van der Waals surface area contributed by atoms with E-state index in [0.29, 0.717) is 24.4 Å². The van der Waals surface area contributed by atoms with E-state index < -0.39 is 5.97 Å². The first-order valence-electron chi connectivity index (χ1n) is 7.69. The van der Waals surface area contributed by atoms with Crippen molar-refractivity contribution in [2.24, 2.45) is 29.6 Å². The summed E-state index contributed by atoms with van der Waals surface area (Å²) in [6.45, 7) is 0.421.